The van der Waals surface area contributed by atoms with Gasteiger partial charge in [-0.3, -0.25) is 14.7 Å². The number of hydrogen-bond donors (Lipinski definition) is 0. The summed E-state index contributed by atoms with van der Waals surface area (Å²) in [6, 6.07) is 51.0. The van der Waals surface area contributed by atoms with E-state index in [1.807, 2.05) is 71.6 Å². The minimum atomic E-state index is -0.894. The first-order valence-electron chi connectivity index (χ1n) is 14.5. The highest BCUT2D eigenvalue weighted by Crippen LogP contribution is 2.58. The van der Waals surface area contributed by atoms with Gasteiger partial charge in [-0.25, -0.2) is 0 Å². The fourth-order valence-electron chi connectivity index (χ4n) is 5.94. The van der Waals surface area contributed by atoms with Gasteiger partial charge in [-0.15, -0.1) is 0 Å². The topological polar surface area (TPSA) is 32.7 Å². The molecule has 7 rings (SSSR count). The molecule has 1 heterocycles. The highest BCUT2D eigenvalue weighted by molar-refractivity contribution is 7.76. The van der Waals surface area contributed by atoms with Gasteiger partial charge in [0.15, 0.2) is 0 Å². The molecule has 0 unspecified atom stereocenters. The van der Waals surface area contributed by atoms with E-state index in [0.29, 0.717) is 5.56 Å². The number of aliphatic imine (C=N–C) groups is 1. The molecular formula is C39H30N2OP. The van der Waals surface area contributed by atoms with Crippen molar-refractivity contribution in [1.82, 2.24) is 4.90 Å². The number of benzene rings is 5. The second-order valence-electron chi connectivity index (χ2n) is 10.5. The molecule has 0 N–H and O–H groups in total. The summed E-state index contributed by atoms with van der Waals surface area (Å²) in [6.45, 7) is 0. The van der Waals surface area contributed by atoms with Gasteiger partial charge in [0.2, 0.25) is 0 Å². The predicted octanol–water partition coefficient (Wildman–Crippen LogP) is 7.89. The molecule has 3 nitrogen and oxygen atoms in total. The van der Waals surface area contributed by atoms with E-state index < -0.39 is 7.92 Å². The van der Waals surface area contributed by atoms with Gasteiger partial charge in [-0.1, -0.05) is 140 Å². The summed E-state index contributed by atoms with van der Waals surface area (Å²) in [4.78, 5) is 22.0. The zero-order valence-corrected chi connectivity index (χ0v) is 24.5. The molecule has 5 aromatic carbocycles. The van der Waals surface area contributed by atoms with Gasteiger partial charge in [-0.2, -0.15) is 0 Å². The van der Waals surface area contributed by atoms with E-state index in [4.69, 9.17) is 4.99 Å². The summed E-state index contributed by atoms with van der Waals surface area (Å²) in [5.41, 5.74) is 3.98. The van der Waals surface area contributed by atoms with Crippen molar-refractivity contribution in [2.45, 2.75) is 12.1 Å². The predicted molar refractivity (Wildman–Crippen MR) is 177 cm³/mol. The van der Waals surface area contributed by atoms with Gasteiger partial charge in [0, 0.05) is 11.2 Å². The Bertz CT molecular complexity index is 1640. The molecule has 43 heavy (non-hydrogen) atoms. The van der Waals surface area contributed by atoms with Crippen LogP contribution in [0, 0.1) is 30.8 Å². The van der Waals surface area contributed by atoms with Crippen LogP contribution in [0.2, 0.25) is 0 Å². The van der Waals surface area contributed by atoms with Crippen LogP contribution < -0.4 is 10.6 Å². The zero-order valence-electron chi connectivity index (χ0n) is 23.6. The van der Waals surface area contributed by atoms with Crippen LogP contribution in [0.3, 0.4) is 0 Å². The number of amides is 1. The third kappa shape index (κ3) is 5.46. The maximum Gasteiger partial charge on any atom is 0.259 e. The zero-order chi connectivity index (χ0) is 29.0. The van der Waals surface area contributed by atoms with E-state index in [1.165, 1.54) is 16.3 Å². The summed E-state index contributed by atoms with van der Waals surface area (Å²) in [5.74, 6) is 1.67. The molecule has 1 amide bonds. The molecule has 2 atom stereocenters. The van der Waals surface area contributed by atoms with E-state index >= 15 is 0 Å². The lowest BCUT2D eigenvalue weighted by Gasteiger charge is -2.34. The fraction of sp³-hybridized carbons (Fsp3) is 0.0513. The van der Waals surface area contributed by atoms with E-state index in [2.05, 4.69) is 104 Å². The molecule has 0 spiro atoms. The first kappa shape index (κ1) is 27.5. The van der Waals surface area contributed by atoms with Crippen LogP contribution in [0.25, 0.3) is 0 Å². The van der Waals surface area contributed by atoms with Gasteiger partial charge in [0.1, 0.15) is 11.9 Å². The second-order valence-corrected chi connectivity index (χ2v) is 12.7. The number of carbonyl (C=O) groups is 1. The average Bonchev–Trinajstić information content (AvgIpc) is 3.72. The van der Waals surface area contributed by atoms with Crippen molar-refractivity contribution in [3.63, 3.8) is 0 Å². The fourth-order valence-corrected chi connectivity index (χ4v) is 8.39. The van der Waals surface area contributed by atoms with Crippen molar-refractivity contribution in [3.05, 3.63) is 199 Å². The van der Waals surface area contributed by atoms with Crippen LogP contribution in [-0.4, -0.2) is 16.6 Å². The molecule has 0 aromatic heterocycles. The molecule has 0 saturated heterocycles. The highest BCUT2D eigenvalue weighted by Gasteiger charge is 2.49. The lowest BCUT2D eigenvalue weighted by atomic mass is 9.93. The SMILES string of the molecule is O=C(c1ccccc1)N1C([C]2[CH][CH][CH][C]2P(c2ccccc2)c2ccccc2)=N[C@@H](c2ccccc2)[C@@H]1c1ccccc1. The van der Waals surface area contributed by atoms with Gasteiger partial charge in [0.05, 0.1) is 12.0 Å². The molecule has 4 heteroatoms. The van der Waals surface area contributed by atoms with Crippen LogP contribution in [0.5, 0.6) is 0 Å². The first-order chi connectivity index (χ1) is 21.3. The average molecular weight is 574 g/mol. The van der Waals surface area contributed by atoms with Gasteiger partial charge < -0.3 is 0 Å². The van der Waals surface area contributed by atoms with Crippen LogP contribution >= 0.6 is 7.92 Å². The van der Waals surface area contributed by atoms with Crippen molar-refractivity contribution in [3.8, 4) is 0 Å². The molecule has 1 saturated carbocycles. The normalized spacial score (nSPS) is 19.1. The van der Waals surface area contributed by atoms with Crippen molar-refractivity contribution in [2.24, 2.45) is 4.99 Å². The Labute approximate surface area is 255 Å². The molecule has 0 bridgehead atoms. The van der Waals surface area contributed by atoms with Crippen molar-refractivity contribution in [1.29, 1.82) is 0 Å². The van der Waals surface area contributed by atoms with Gasteiger partial charge >= 0.3 is 0 Å². The Balaban J connectivity index is 1.38. The van der Waals surface area contributed by atoms with E-state index in [-0.39, 0.29) is 18.0 Å². The minimum absolute atomic E-state index is 0.0532. The maximum atomic E-state index is 14.6. The van der Waals surface area contributed by atoms with Crippen LogP contribution in [0.4, 0.5) is 0 Å². The Morgan fingerprint density at radius 1 is 0.581 bits per heavy atom. The number of carbonyl (C=O) groups excluding carboxylic acids is 1. The Morgan fingerprint density at radius 2 is 1.07 bits per heavy atom. The van der Waals surface area contributed by atoms with Crippen LogP contribution in [-0.2, 0) is 0 Å². The summed E-state index contributed by atoms with van der Waals surface area (Å²) in [5, 5.41) is 2.52. The lowest BCUT2D eigenvalue weighted by Crippen LogP contribution is -2.41. The maximum absolute atomic E-state index is 14.6. The molecule has 2 aliphatic rings. The van der Waals surface area contributed by atoms with Gasteiger partial charge in [-0.05, 0) is 61.1 Å². The second kappa shape index (κ2) is 12.5. The van der Waals surface area contributed by atoms with Crippen LogP contribution in [0.15, 0.2) is 157 Å². The Morgan fingerprint density at radius 3 is 1.63 bits per heavy atom. The molecule has 1 aliphatic heterocycles. The van der Waals surface area contributed by atoms with Gasteiger partial charge in [0.25, 0.3) is 5.91 Å². The van der Waals surface area contributed by atoms with Crippen molar-refractivity contribution < 1.29 is 4.79 Å². The highest BCUT2D eigenvalue weighted by atomic mass is 31.1. The van der Waals surface area contributed by atoms with Crippen LogP contribution in [0.1, 0.15) is 33.6 Å². The largest absolute Gasteiger partial charge is 0.286 e. The van der Waals surface area contributed by atoms with Crippen molar-refractivity contribution in [2.75, 3.05) is 0 Å². The molecule has 5 radical (unpaired) electrons. The third-order valence-corrected chi connectivity index (χ3v) is 10.4. The standard InChI is InChI=1S/C39H30N2OP/c42-39(31-21-10-3-11-22-31)41-37(30-19-8-2-9-20-30)36(29-17-6-1-7-18-29)40-38(41)34-27-16-28-35(34)43(32-23-12-4-13-24-32)33-25-14-5-15-26-33/h1-28,36-37H/t36-,37-/m0/s1. The Hall–Kier alpha value is -4.33. The summed E-state index contributed by atoms with van der Waals surface area (Å²) in [6.07, 6.45) is 6.45. The molecular weight excluding hydrogens is 543 g/mol. The summed E-state index contributed by atoms with van der Waals surface area (Å²) in [7, 11) is -0.894. The number of hydrogen-bond acceptors (Lipinski definition) is 2. The van der Waals surface area contributed by atoms with E-state index in [1.54, 1.807) is 0 Å². The Kier molecular flexibility index (Phi) is 7.99. The lowest BCUT2D eigenvalue weighted by molar-refractivity contribution is 0.0803. The summed E-state index contributed by atoms with van der Waals surface area (Å²) < 4.78 is 0. The molecule has 207 valence electrons. The smallest absolute Gasteiger partial charge is 0.259 e. The van der Waals surface area contributed by atoms with E-state index in [0.717, 1.165) is 22.9 Å². The third-order valence-electron chi connectivity index (χ3n) is 7.89. The molecule has 1 aliphatic carbocycles. The molecule has 5 aromatic rings. The molecule has 1 fully saturated rings. The minimum Gasteiger partial charge on any atom is -0.286 e. The first-order valence-corrected chi connectivity index (χ1v) is 15.9. The number of rotatable bonds is 7. The van der Waals surface area contributed by atoms with Crippen molar-refractivity contribution >= 4 is 30.3 Å². The number of nitrogens with zero attached hydrogens (tertiary/aromatic N) is 2. The quantitative estimate of drug-likeness (QED) is 0.182. The number of amidine groups is 1. The monoisotopic (exact) mass is 573 g/mol. The van der Waals surface area contributed by atoms with E-state index in [9.17, 15) is 4.79 Å². The summed E-state index contributed by atoms with van der Waals surface area (Å²) >= 11 is 0.